The van der Waals surface area contributed by atoms with Crippen LogP contribution in [0, 0.1) is 23.2 Å². The second kappa shape index (κ2) is 10.9. The first kappa shape index (κ1) is 22.7. The number of rotatable bonds is 9. The van der Waals surface area contributed by atoms with Crippen LogP contribution in [0.4, 0.5) is 8.78 Å². The van der Waals surface area contributed by atoms with Crippen LogP contribution in [-0.4, -0.2) is 5.67 Å². The zero-order chi connectivity index (χ0) is 21.4. The Balaban J connectivity index is 1.42. The number of nitrogens with zero attached hydrogens (tertiary/aromatic N) is 1. The molecule has 0 amide bonds. The fraction of sp³-hybridized carbons (Fsp3) is 0.593. The van der Waals surface area contributed by atoms with Crippen LogP contribution in [0.5, 0.6) is 0 Å². The molecule has 0 N–H and O–H groups in total. The molecule has 1 fully saturated rings. The van der Waals surface area contributed by atoms with E-state index < -0.39 is 17.4 Å². The summed E-state index contributed by atoms with van der Waals surface area (Å²) in [6.07, 6.45) is 18.1. The zero-order valence-corrected chi connectivity index (χ0v) is 18.3. The van der Waals surface area contributed by atoms with Crippen molar-refractivity contribution in [3.8, 4) is 6.07 Å². The maximum Gasteiger partial charge on any atom is 0.235 e. The van der Waals surface area contributed by atoms with Crippen LogP contribution in [0.1, 0.15) is 88.2 Å². The Morgan fingerprint density at radius 1 is 1.00 bits per heavy atom. The van der Waals surface area contributed by atoms with E-state index >= 15 is 0 Å². The van der Waals surface area contributed by atoms with Crippen molar-refractivity contribution >= 4 is 0 Å². The smallest absolute Gasteiger partial charge is 0.218 e. The Morgan fingerprint density at radius 3 is 2.27 bits per heavy atom. The third-order valence-electron chi connectivity index (χ3n) is 6.96. The minimum absolute atomic E-state index is 0.594. The molecule has 3 heteroatoms. The molecule has 2 atom stereocenters. The molecule has 30 heavy (non-hydrogen) atoms. The number of aryl methyl sites for hydroxylation is 1. The van der Waals surface area contributed by atoms with Gasteiger partial charge in [0.2, 0.25) is 5.67 Å². The Bertz CT molecular complexity index is 765. The van der Waals surface area contributed by atoms with Gasteiger partial charge in [0.05, 0.1) is 5.92 Å². The van der Waals surface area contributed by atoms with E-state index in [0.717, 1.165) is 36.0 Å². The molecule has 0 heterocycles. The normalized spacial score (nSPS) is 28.7. The van der Waals surface area contributed by atoms with Gasteiger partial charge in [-0.05, 0) is 41.9 Å². The standard InChI is InChI=1S/C27H35F2N/c1-2-3-4-5-6-21-7-9-22(10-8-21)11-12-23-13-15-24(16-14-23)25-17-18-27(29,20-30)19-26(25)28/h13-19,21-22,25H,2-12H2,1H3. The molecular weight excluding hydrogens is 376 g/mol. The topological polar surface area (TPSA) is 23.8 Å². The number of hydrogen-bond acceptors (Lipinski definition) is 1. The van der Waals surface area contributed by atoms with E-state index in [4.69, 9.17) is 5.26 Å². The van der Waals surface area contributed by atoms with Gasteiger partial charge in [0.1, 0.15) is 11.9 Å². The highest BCUT2D eigenvalue weighted by atomic mass is 19.1. The summed E-state index contributed by atoms with van der Waals surface area (Å²) in [5.41, 5.74) is -0.247. The van der Waals surface area contributed by atoms with Crippen LogP contribution >= 0.6 is 0 Å². The summed E-state index contributed by atoms with van der Waals surface area (Å²) in [6, 6.07) is 9.49. The number of unbranched alkanes of at least 4 members (excludes halogenated alkanes) is 3. The fourth-order valence-corrected chi connectivity index (χ4v) is 4.94. The zero-order valence-electron chi connectivity index (χ0n) is 18.3. The van der Waals surface area contributed by atoms with Gasteiger partial charge in [-0.25, -0.2) is 8.78 Å². The van der Waals surface area contributed by atoms with Crippen LogP contribution in [0.2, 0.25) is 0 Å². The van der Waals surface area contributed by atoms with Crippen LogP contribution in [0.15, 0.2) is 48.3 Å². The van der Waals surface area contributed by atoms with E-state index in [1.165, 1.54) is 81.9 Å². The Morgan fingerprint density at radius 2 is 1.67 bits per heavy atom. The van der Waals surface area contributed by atoms with Crippen molar-refractivity contribution in [2.24, 2.45) is 11.8 Å². The van der Waals surface area contributed by atoms with Crippen LogP contribution in [-0.2, 0) is 6.42 Å². The van der Waals surface area contributed by atoms with Gasteiger partial charge in [0.15, 0.2) is 0 Å². The minimum Gasteiger partial charge on any atom is -0.218 e. The molecule has 0 bridgehead atoms. The average molecular weight is 412 g/mol. The Hall–Kier alpha value is -1.95. The molecule has 1 aromatic rings. The first-order valence-electron chi connectivity index (χ1n) is 11.8. The summed E-state index contributed by atoms with van der Waals surface area (Å²) < 4.78 is 28.2. The largest absolute Gasteiger partial charge is 0.235 e. The van der Waals surface area contributed by atoms with E-state index in [9.17, 15) is 8.78 Å². The van der Waals surface area contributed by atoms with E-state index in [1.54, 1.807) is 0 Å². The molecule has 0 radical (unpaired) electrons. The van der Waals surface area contributed by atoms with E-state index in [-0.39, 0.29) is 0 Å². The highest BCUT2D eigenvalue weighted by Gasteiger charge is 2.31. The van der Waals surface area contributed by atoms with E-state index in [1.807, 2.05) is 12.1 Å². The van der Waals surface area contributed by atoms with Crippen molar-refractivity contribution in [1.82, 2.24) is 0 Å². The van der Waals surface area contributed by atoms with E-state index in [0.29, 0.717) is 0 Å². The monoisotopic (exact) mass is 411 g/mol. The van der Waals surface area contributed by atoms with Crippen molar-refractivity contribution in [3.63, 3.8) is 0 Å². The van der Waals surface area contributed by atoms with Crippen molar-refractivity contribution in [1.29, 1.82) is 5.26 Å². The third-order valence-corrected chi connectivity index (χ3v) is 6.96. The van der Waals surface area contributed by atoms with Crippen molar-refractivity contribution in [2.45, 2.75) is 89.1 Å². The number of halogens is 2. The summed E-state index contributed by atoms with van der Waals surface area (Å²) in [5.74, 6) is 0.597. The fourth-order valence-electron chi connectivity index (χ4n) is 4.94. The van der Waals surface area contributed by atoms with Gasteiger partial charge in [-0.1, -0.05) is 95.1 Å². The van der Waals surface area contributed by atoms with Crippen LogP contribution in [0.25, 0.3) is 0 Å². The summed E-state index contributed by atoms with van der Waals surface area (Å²) in [6.45, 7) is 2.27. The van der Waals surface area contributed by atoms with Gasteiger partial charge in [0.25, 0.3) is 0 Å². The van der Waals surface area contributed by atoms with Gasteiger partial charge in [-0.15, -0.1) is 0 Å². The number of hydrogen-bond donors (Lipinski definition) is 0. The summed E-state index contributed by atoms with van der Waals surface area (Å²) >= 11 is 0. The van der Waals surface area contributed by atoms with Crippen molar-refractivity contribution < 1.29 is 8.78 Å². The molecule has 0 aromatic heterocycles. The molecular formula is C27H35F2N. The highest BCUT2D eigenvalue weighted by Crippen LogP contribution is 2.36. The summed E-state index contributed by atoms with van der Waals surface area (Å²) in [4.78, 5) is 0. The molecule has 1 aromatic carbocycles. The van der Waals surface area contributed by atoms with Crippen LogP contribution < -0.4 is 0 Å². The second-order valence-electron chi connectivity index (χ2n) is 9.26. The highest BCUT2D eigenvalue weighted by molar-refractivity contribution is 5.42. The van der Waals surface area contributed by atoms with Crippen molar-refractivity contribution in [3.05, 3.63) is 59.4 Å². The van der Waals surface area contributed by atoms with Gasteiger partial charge in [-0.2, -0.15) is 5.26 Å². The minimum atomic E-state index is -2.32. The quantitative estimate of drug-likeness (QED) is 0.297. The van der Waals surface area contributed by atoms with Crippen molar-refractivity contribution in [2.75, 3.05) is 0 Å². The maximum atomic E-state index is 14.3. The molecule has 2 aliphatic rings. The Kier molecular flexibility index (Phi) is 8.25. The summed E-state index contributed by atoms with van der Waals surface area (Å²) in [7, 11) is 0. The molecule has 0 aliphatic heterocycles. The third kappa shape index (κ3) is 6.27. The Labute approximate surface area is 180 Å². The van der Waals surface area contributed by atoms with Gasteiger partial charge in [-0.3, -0.25) is 0 Å². The average Bonchev–Trinajstić information content (AvgIpc) is 2.77. The predicted molar refractivity (Wildman–Crippen MR) is 119 cm³/mol. The molecule has 2 unspecified atom stereocenters. The lowest BCUT2D eigenvalue weighted by Crippen LogP contribution is -2.18. The van der Waals surface area contributed by atoms with Crippen LogP contribution in [0.3, 0.4) is 0 Å². The van der Waals surface area contributed by atoms with Gasteiger partial charge < -0.3 is 0 Å². The lowest BCUT2D eigenvalue weighted by atomic mass is 9.77. The number of nitriles is 1. The first-order chi connectivity index (χ1) is 14.5. The number of alkyl halides is 1. The molecule has 2 aliphatic carbocycles. The molecule has 0 spiro atoms. The molecule has 1 nitrogen and oxygen atoms in total. The SMILES string of the molecule is CCCCCCC1CCC(CCc2ccc(C3C=CC(F)(C#N)C=C3F)cc2)CC1. The molecule has 1 saturated carbocycles. The predicted octanol–water partition coefficient (Wildman–Crippen LogP) is 8.13. The lowest BCUT2D eigenvalue weighted by Gasteiger charge is -2.28. The second-order valence-corrected chi connectivity index (χ2v) is 9.26. The van der Waals surface area contributed by atoms with E-state index in [2.05, 4.69) is 19.1 Å². The number of allylic oxidation sites excluding steroid dienone is 4. The first-order valence-corrected chi connectivity index (χ1v) is 11.8. The molecule has 162 valence electrons. The molecule has 3 rings (SSSR count). The lowest BCUT2D eigenvalue weighted by molar-refractivity contribution is 0.249. The number of benzene rings is 1. The maximum absolute atomic E-state index is 14.3. The van der Waals surface area contributed by atoms with Gasteiger partial charge in [0, 0.05) is 6.08 Å². The summed E-state index contributed by atoms with van der Waals surface area (Å²) in [5, 5.41) is 8.81. The molecule has 0 saturated heterocycles. The van der Waals surface area contributed by atoms with Gasteiger partial charge >= 0.3 is 0 Å².